The predicted octanol–water partition coefficient (Wildman–Crippen LogP) is 2.64. The van der Waals surface area contributed by atoms with Crippen LogP contribution in [0.1, 0.15) is 19.4 Å². The van der Waals surface area contributed by atoms with E-state index < -0.39 is 0 Å². The summed E-state index contributed by atoms with van der Waals surface area (Å²) in [6, 6.07) is 5.68. The Kier molecular flexibility index (Phi) is 5.75. The molecule has 0 aliphatic rings. The highest BCUT2D eigenvalue weighted by Crippen LogP contribution is 2.25. The van der Waals surface area contributed by atoms with Gasteiger partial charge in [0.15, 0.2) is 0 Å². The third-order valence-electron chi connectivity index (χ3n) is 2.29. The summed E-state index contributed by atoms with van der Waals surface area (Å²) in [5, 5.41) is 0.701. The lowest BCUT2D eigenvalue weighted by molar-refractivity contribution is 0.0914. The van der Waals surface area contributed by atoms with E-state index in [9.17, 15) is 0 Å². The molecule has 3 nitrogen and oxygen atoms in total. The molecule has 0 radical (unpaired) electrons. The first kappa shape index (κ1) is 14.3. The van der Waals surface area contributed by atoms with Crippen LogP contribution in [-0.4, -0.2) is 25.9 Å². The first-order chi connectivity index (χ1) is 8.02. The molecule has 2 unspecified atom stereocenters. The van der Waals surface area contributed by atoms with Gasteiger partial charge in [-0.3, -0.25) is 0 Å². The Morgan fingerprint density at radius 3 is 2.65 bits per heavy atom. The Hall–Kier alpha value is -0.770. The number of halogens is 1. The molecular formula is C13H20ClNO2. The normalized spacial score (nSPS) is 14.4. The highest BCUT2D eigenvalue weighted by molar-refractivity contribution is 6.30. The molecule has 0 aliphatic carbocycles. The van der Waals surface area contributed by atoms with Crippen LogP contribution in [0.25, 0.3) is 0 Å². The van der Waals surface area contributed by atoms with Crippen molar-refractivity contribution in [1.82, 2.24) is 0 Å². The summed E-state index contributed by atoms with van der Waals surface area (Å²) >= 11 is 5.98. The van der Waals surface area contributed by atoms with E-state index in [-0.39, 0.29) is 12.1 Å². The number of hydrogen-bond donors (Lipinski definition) is 1. The van der Waals surface area contributed by atoms with Gasteiger partial charge < -0.3 is 15.2 Å². The van der Waals surface area contributed by atoms with Gasteiger partial charge in [-0.2, -0.15) is 0 Å². The Balaban J connectivity index is 2.82. The molecule has 96 valence electrons. The van der Waals surface area contributed by atoms with Crippen molar-refractivity contribution in [1.29, 1.82) is 0 Å². The second-order valence-electron chi connectivity index (χ2n) is 4.32. The molecule has 0 saturated carbocycles. The van der Waals surface area contributed by atoms with Crippen molar-refractivity contribution in [3.63, 3.8) is 0 Å². The van der Waals surface area contributed by atoms with E-state index in [2.05, 4.69) is 0 Å². The van der Waals surface area contributed by atoms with Gasteiger partial charge in [0.05, 0.1) is 6.61 Å². The Morgan fingerprint density at radius 2 is 2.06 bits per heavy atom. The predicted molar refractivity (Wildman–Crippen MR) is 70.8 cm³/mol. The lowest BCUT2D eigenvalue weighted by Crippen LogP contribution is -2.21. The van der Waals surface area contributed by atoms with Crippen molar-refractivity contribution in [2.45, 2.75) is 32.4 Å². The van der Waals surface area contributed by atoms with Crippen molar-refractivity contribution < 1.29 is 9.47 Å². The molecule has 0 saturated heterocycles. The molecular weight excluding hydrogens is 238 g/mol. The van der Waals surface area contributed by atoms with Crippen LogP contribution in [0.15, 0.2) is 18.2 Å². The van der Waals surface area contributed by atoms with E-state index in [4.69, 9.17) is 26.8 Å². The third-order valence-corrected chi connectivity index (χ3v) is 2.53. The summed E-state index contributed by atoms with van der Waals surface area (Å²) < 4.78 is 10.8. The fourth-order valence-electron chi connectivity index (χ4n) is 1.65. The molecule has 0 bridgehead atoms. The molecule has 2 atom stereocenters. The molecule has 0 spiro atoms. The summed E-state index contributed by atoms with van der Waals surface area (Å²) in [5.74, 6) is 0.830. The maximum absolute atomic E-state index is 5.98. The Bertz CT molecular complexity index is 355. The number of rotatable bonds is 6. The van der Waals surface area contributed by atoms with Crippen molar-refractivity contribution in [3.8, 4) is 5.75 Å². The second kappa shape index (κ2) is 6.84. The summed E-state index contributed by atoms with van der Waals surface area (Å²) in [6.07, 6.45) is 0.753. The lowest BCUT2D eigenvalue weighted by Gasteiger charge is -2.18. The molecule has 1 aromatic carbocycles. The third kappa shape index (κ3) is 4.94. The van der Waals surface area contributed by atoms with Crippen molar-refractivity contribution in [2.24, 2.45) is 5.73 Å². The van der Waals surface area contributed by atoms with E-state index in [0.717, 1.165) is 17.7 Å². The molecule has 0 amide bonds. The number of nitrogens with two attached hydrogens (primary N) is 1. The van der Waals surface area contributed by atoms with Crippen LogP contribution in [0.5, 0.6) is 5.75 Å². The first-order valence-corrected chi connectivity index (χ1v) is 6.10. The first-order valence-electron chi connectivity index (χ1n) is 5.72. The van der Waals surface area contributed by atoms with Gasteiger partial charge in [0.1, 0.15) is 11.9 Å². The van der Waals surface area contributed by atoms with Gasteiger partial charge in [-0.25, -0.2) is 0 Å². The van der Waals surface area contributed by atoms with Gasteiger partial charge >= 0.3 is 0 Å². The largest absolute Gasteiger partial charge is 0.488 e. The topological polar surface area (TPSA) is 44.5 Å². The number of hydrogen-bond acceptors (Lipinski definition) is 3. The minimum atomic E-state index is 0.00741. The van der Waals surface area contributed by atoms with E-state index in [1.165, 1.54) is 0 Å². The minimum Gasteiger partial charge on any atom is -0.488 e. The average Bonchev–Trinajstić information content (AvgIpc) is 2.21. The Labute approximate surface area is 108 Å². The molecule has 0 heterocycles. The molecule has 0 aliphatic heterocycles. The number of benzene rings is 1. The maximum Gasteiger partial charge on any atom is 0.123 e. The van der Waals surface area contributed by atoms with Crippen molar-refractivity contribution in [2.75, 3.05) is 13.7 Å². The summed E-state index contributed by atoms with van der Waals surface area (Å²) in [5.41, 5.74) is 6.85. The van der Waals surface area contributed by atoms with Crippen LogP contribution in [-0.2, 0) is 11.2 Å². The fraction of sp³-hybridized carbons (Fsp3) is 0.538. The highest BCUT2D eigenvalue weighted by atomic mass is 35.5. The minimum absolute atomic E-state index is 0.00741. The van der Waals surface area contributed by atoms with Crippen LogP contribution in [0, 0.1) is 0 Å². The zero-order valence-electron chi connectivity index (χ0n) is 10.6. The van der Waals surface area contributed by atoms with Crippen molar-refractivity contribution >= 4 is 11.6 Å². The van der Waals surface area contributed by atoms with Crippen LogP contribution >= 0.6 is 11.6 Å². The highest BCUT2D eigenvalue weighted by Gasteiger charge is 2.10. The monoisotopic (exact) mass is 257 g/mol. The van der Waals surface area contributed by atoms with E-state index in [0.29, 0.717) is 11.6 Å². The van der Waals surface area contributed by atoms with E-state index >= 15 is 0 Å². The van der Waals surface area contributed by atoms with Crippen LogP contribution in [0.2, 0.25) is 5.02 Å². The summed E-state index contributed by atoms with van der Waals surface area (Å²) in [4.78, 5) is 0. The van der Waals surface area contributed by atoms with Crippen LogP contribution < -0.4 is 10.5 Å². The van der Waals surface area contributed by atoms with Crippen molar-refractivity contribution in [3.05, 3.63) is 28.8 Å². The smallest absolute Gasteiger partial charge is 0.123 e. The molecule has 4 heteroatoms. The molecule has 0 aromatic heterocycles. The van der Waals surface area contributed by atoms with Gasteiger partial charge in [-0.05, 0) is 44.0 Å². The average molecular weight is 258 g/mol. The molecule has 1 rings (SSSR count). The van der Waals surface area contributed by atoms with Gasteiger partial charge in [-0.15, -0.1) is 0 Å². The van der Waals surface area contributed by atoms with Gasteiger partial charge in [0.2, 0.25) is 0 Å². The summed E-state index contributed by atoms with van der Waals surface area (Å²) in [7, 11) is 1.66. The zero-order valence-corrected chi connectivity index (χ0v) is 11.3. The van der Waals surface area contributed by atoms with E-state index in [1.54, 1.807) is 7.11 Å². The van der Waals surface area contributed by atoms with Crippen LogP contribution in [0.3, 0.4) is 0 Å². The van der Waals surface area contributed by atoms with Gasteiger partial charge in [0, 0.05) is 18.2 Å². The standard InChI is InChI=1S/C13H20ClNO2/c1-9(15)6-11-7-12(14)4-5-13(11)17-10(2)8-16-3/h4-5,7,9-10H,6,8,15H2,1-3H3. The molecule has 2 N–H and O–H groups in total. The number of ether oxygens (including phenoxy) is 2. The fourth-order valence-corrected chi connectivity index (χ4v) is 1.85. The molecule has 17 heavy (non-hydrogen) atoms. The summed E-state index contributed by atoms with van der Waals surface area (Å²) in [6.45, 7) is 4.48. The zero-order chi connectivity index (χ0) is 12.8. The van der Waals surface area contributed by atoms with Gasteiger partial charge in [0.25, 0.3) is 0 Å². The molecule has 0 fully saturated rings. The maximum atomic E-state index is 5.98. The van der Waals surface area contributed by atoms with Crippen LogP contribution in [0.4, 0.5) is 0 Å². The molecule has 1 aromatic rings. The second-order valence-corrected chi connectivity index (χ2v) is 4.75. The lowest BCUT2D eigenvalue weighted by atomic mass is 10.1. The quantitative estimate of drug-likeness (QED) is 0.852. The van der Waals surface area contributed by atoms with E-state index in [1.807, 2.05) is 32.0 Å². The van der Waals surface area contributed by atoms with Gasteiger partial charge in [-0.1, -0.05) is 11.6 Å². The Morgan fingerprint density at radius 1 is 1.35 bits per heavy atom. The number of methoxy groups -OCH3 is 1. The SMILES string of the molecule is COCC(C)Oc1ccc(Cl)cc1CC(C)N.